The molecule has 2 N–H and O–H groups in total. The van der Waals surface area contributed by atoms with Crippen LogP contribution in [0.25, 0.3) is 11.0 Å². The summed E-state index contributed by atoms with van der Waals surface area (Å²) in [5.74, 6) is 0.162. The molecule has 2 aromatic heterocycles. The van der Waals surface area contributed by atoms with E-state index in [-0.39, 0.29) is 11.4 Å². The van der Waals surface area contributed by atoms with E-state index in [4.69, 9.17) is 4.74 Å². The molecule has 3 aromatic rings. The number of carbonyl (C=O) groups excluding carboxylic acids is 2. The minimum Gasteiger partial charge on any atom is -0.477 e. The summed E-state index contributed by atoms with van der Waals surface area (Å²) in [5, 5.41) is 0. The first kappa shape index (κ1) is 18.4. The zero-order valence-electron chi connectivity index (χ0n) is 15.4. The Labute approximate surface area is 156 Å². The van der Waals surface area contributed by atoms with E-state index in [9.17, 15) is 9.59 Å². The molecule has 0 aliphatic heterocycles. The fourth-order valence-corrected chi connectivity index (χ4v) is 2.86. The highest BCUT2D eigenvalue weighted by Crippen LogP contribution is 2.18. The third-order valence-corrected chi connectivity index (χ3v) is 4.10. The van der Waals surface area contributed by atoms with Crippen molar-refractivity contribution in [3.05, 3.63) is 53.5 Å². The van der Waals surface area contributed by atoms with Crippen molar-refractivity contribution in [2.75, 3.05) is 6.61 Å². The van der Waals surface area contributed by atoms with Crippen LogP contribution in [0.3, 0.4) is 0 Å². The Hall–Kier alpha value is -3.42. The maximum Gasteiger partial charge on any atom is 0.275 e. The van der Waals surface area contributed by atoms with E-state index in [1.165, 1.54) is 6.20 Å². The molecule has 3 rings (SSSR count). The van der Waals surface area contributed by atoms with Crippen LogP contribution in [0.15, 0.2) is 36.5 Å². The summed E-state index contributed by atoms with van der Waals surface area (Å²) in [7, 11) is 0. The van der Waals surface area contributed by atoms with Gasteiger partial charge in [0, 0.05) is 18.3 Å². The highest BCUT2D eigenvalue weighted by Gasteiger charge is 2.15. The normalized spacial score (nSPS) is 10.6. The van der Waals surface area contributed by atoms with E-state index in [1.807, 2.05) is 19.9 Å². The van der Waals surface area contributed by atoms with Gasteiger partial charge in [-0.1, -0.05) is 0 Å². The topological polar surface area (TPSA) is 98.1 Å². The third kappa shape index (κ3) is 3.74. The number of hydrazine groups is 1. The number of nitrogens with zero attached hydrogens (tertiary/aromatic N) is 3. The maximum absolute atomic E-state index is 12.4. The number of hydrogen-bond acceptors (Lipinski definition) is 5. The van der Waals surface area contributed by atoms with E-state index >= 15 is 0 Å². The number of ether oxygens (including phenoxy) is 1. The number of hydrogen-bond donors (Lipinski definition) is 2. The van der Waals surface area contributed by atoms with Crippen LogP contribution in [0.5, 0.6) is 5.88 Å². The summed E-state index contributed by atoms with van der Waals surface area (Å²) in [6, 6.07) is 8.45. The summed E-state index contributed by atoms with van der Waals surface area (Å²) in [5.41, 5.74) is 7.14. The molecule has 0 aliphatic rings. The molecular weight excluding hydrogens is 346 g/mol. The number of rotatable bonds is 5. The fraction of sp³-hybridized carbons (Fsp3) is 0.263. The molecule has 1 aromatic carbocycles. The summed E-state index contributed by atoms with van der Waals surface area (Å²) >= 11 is 0. The van der Waals surface area contributed by atoms with E-state index in [1.54, 1.807) is 31.2 Å². The van der Waals surface area contributed by atoms with Gasteiger partial charge >= 0.3 is 0 Å². The molecule has 0 fully saturated rings. The van der Waals surface area contributed by atoms with Gasteiger partial charge in [0.15, 0.2) is 0 Å². The van der Waals surface area contributed by atoms with Gasteiger partial charge in [-0.15, -0.1) is 0 Å². The molecule has 8 nitrogen and oxygen atoms in total. The Morgan fingerprint density at radius 3 is 2.67 bits per heavy atom. The number of nitrogens with one attached hydrogen (secondary N) is 2. The van der Waals surface area contributed by atoms with E-state index in [0.29, 0.717) is 12.2 Å². The Bertz CT molecular complexity index is 996. The Kier molecular flexibility index (Phi) is 5.35. The zero-order valence-corrected chi connectivity index (χ0v) is 15.4. The molecule has 0 unspecified atom stereocenters. The lowest BCUT2D eigenvalue weighted by Crippen LogP contribution is -2.41. The molecule has 0 aliphatic carbocycles. The minimum absolute atomic E-state index is 0.216. The Morgan fingerprint density at radius 2 is 1.93 bits per heavy atom. The van der Waals surface area contributed by atoms with Crippen LogP contribution in [0, 0.1) is 6.92 Å². The number of fused-ring (bicyclic) bond motifs is 1. The fourth-order valence-electron chi connectivity index (χ4n) is 2.86. The molecule has 27 heavy (non-hydrogen) atoms. The van der Waals surface area contributed by atoms with E-state index in [0.717, 1.165) is 23.4 Å². The first-order chi connectivity index (χ1) is 13.0. The zero-order chi connectivity index (χ0) is 19.4. The highest BCUT2D eigenvalue weighted by molar-refractivity contribution is 6.01. The number of benzene rings is 1. The Morgan fingerprint density at radius 1 is 1.15 bits per heavy atom. The van der Waals surface area contributed by atoms with Crippen LogP contribution in [-0.2, 0) is 6.54 Å². The molecule has 8 heteroatoms. The molecule has 0 spiro atoms. The largest absolute Gasteiger partial charge is 0.477 e. The standard InChI is InChI=1S/C19H21N5O3/c1-4-24-12(3)21-15-11-13(8-9-16(15)24)17(25)22-23-18(26)14-7-6-10-20-19(14)27-5-2/h6-11H,4-5H2,1-3H3,(H,22,25)(H,23,26). The minimum atomic E-state index is -0.507. The van der Waals surface area contributed by atoms with Crippen molar-refractivity contribution in [3.8, 4) is 5.88 Å². The second-order valence-electron chi connectivity index (χ2n) is 5.80. The van der Waals surface area contributed by atoms with Crippen LogP contribution >= 0.6 is 0 Å². The smallest absolute Gasteiger partial charge is 0.275 e. The van der Waals surface area contributed by atoms with Crippen molar-refractivity contribution in [1.29, 1.82) is 0 Å². The number of carbonyl (C=O) groups is 2. The van der Waals surface area contributed by atoms with Crippen molar-refractivity contribution in [2.45, 2.75) is 27.3 Å². The van der Waals surface area contributed by atoms with Gasteiger partial charge in [0.25, 0.3) is 11.8 Å². The third-order valence-electron chi connectivity index (χ3n) is 4.10. The second kappa shape index (κ2) is 7.86. The van der Waals surface area contributed by atoms with Crippen LogP contribution < -0.4 is 15.6 Å². The lowest BCUT2D eigenvalue weighted by Gasteiger charge is -2.10. The first-order valence-corrected chi connectivity index (χ1v) is 8.70. The molecule has 0 radical (unpaired) electrons. The number of aryl methyl sites for hydroxylation is 2. The SMILES string of the molecule is CCOc1ncccc1C(=O)NNC(=O)c1ccc2c(c1)nc(C)n2CC. The highest BCUT2D eigenvalue weighted by atomic mass is 16.5. The number of amides is 2. The van der Waals surface area contributed by atoms with Gasteiger partial charge in [-0.05, 0) is 51.1 Å². The summed E-state index contributed by atoms with van der Waals surface area (Å²) in [6.45, 7) is 6.95. The van der Waals surface area contributed by atoms with Gasteiger partial charge < -0.3 is 9.30 Å². The predicted molar refractivity (Wildman–Crippen MR) is 100 cm³/mol. The van der Waals surface area contributed by atoms with Gasteiger partial charge in [0.1, 0.15) is 11.4 Å². The molecule has 2 amide bonds. The van der Waals surface area contributed by atoms with Crippen molar-refractivity contribution in [3.63, 3.8) is 0 Å². The number of imidazole rings is 1. The average molecular weight is 367 g/mol. The van der Waals surface area contributed by atoms with Crippen molar-refractivity contribution in [1.82, 2.24) is 25.4 Å². The number of pyridine rings is 1. The lowest BCUT2D eigenvalue weighted by molar-refractivity contribution is 0.0844. The van der Waals surface area contributed by atoms with Crippen LogP contribution in [-0.4, -0.2) is 33.0 Å². The van der Waals surface area contributed by atoms with Gasteiger partial charge in [-0.2, -0.15) is 0 Å². The molecule has 0 bridgehead atoms. The summed E-state index contributed by atoms with van der Waals surface area (Å²) in [6.07, 6.45) is 1.53. The quantitative estimate of drug-likeness (QED) is 0.674. The number of aromatic nitrogens is 3. The monoisotopic (exact) mass is 367 g/mol. The van der Waals surface area contributed by atoms with Gasteiger partial charge in [0.05, 0.1) is 17.6 Å². The average Bonchev–Trinajstić information content (AvgIpc) is 3.00. The summed E-state index contributed by atoms with van der Waals surface area (Å²) in [4.78, 5) is 33.2. The van der Waals surface area contributed by atoms with Crippen molar-refractivity contribution >= 4 is 22.8 Å². The molecule has 140 valence electrons. The summed E-state index contributed by atoms with van der Waals surface area (Å²) < 4.78 is 7.39. The van der Waals surface area contributed by atoms with Gasteiger partial charge in [-0.25, -0.2) is 9.97 Å². The van der Waals surface area contributed by atoms with Gasteiger partial charge in [-0.3, -0.25) is 20.4 Å². The lowest BCUT2D eigenvalue weighted by atomic mass is 10.2. The van der Waals surface area contributed by atoms with Gasteiger partial charge in [0.2, 0.25) is 5.88 Å². The van der Waals surface area contributed by atoms with E-state index in [2.05, 4.69) is 25.4 Å². The van der Waals surface area contributed by atoms with Crippen molar-refractivity contribution in [2.24, 2.45) is 0 Å². The molecule has 0 saturated carbocycles. The first-order valence-electron chi connectivity index (χ1n) is 8.70. The predicted octanol–water partition coefficient (Wildman–Crippen LogP) is 2.23. The van der Waals surface area contributed by atoms with Crippen LogP contribution in [0.2, 0.25) is 0 Å². The molecule has 2 heterocycles. The molecular formula is C19H21N5O3. The van der Waals surface area contributed by atoms with E-state index < -0.39 is 11.8 Å². The maximum atomic E-state index is 12.4. The van der Waals surface area contributed by atoms with Crippen molar-refractivity contribution < 1.29 is 14.3 Å². The second-order valence-corrected chi connectivity index (χ2v) is 5.80. The van der Waals surface area contributed by atoms with Crippen LogP contribution in [0.4, 0.5) is 0 Å². The van der Waals surface area contributed by atoms with Crippen LogP contribution in [0.1, 0.15) is 40.4 Å². The molecule has 0 atom stereocenters. The molecule has 0 saturated heterocycles. The Balaban J connectivity index is 1.72.